The van der Waals surface area contributed by atoms with Gasteiger partial charge in [0.05, 0.1) is 11.7 Å². The first-order valence-corrected chi connectivity index (χ1v) is 9.26. The highest BCUT2D eigenvalue weighted by Crippen LogP contribution is 2.35. The molecule has 1 atom stereocenters. The molecule has 136 valence electrons. The molecule has 0 N–H and O–H groups in total. The van der Waals surface area contributed by atoms with E-state index in [0.717, 1.165) is 23.0 Å². The van der Waals surface area contributed by atoms with Gasteiger partial charge in [-0.3, -0.25) is 4.79 Å². The highest BCUT2D eigenvalue weighted by atomic mass is 79.9. The molecule has 0 aromatic heterocycles. The Morgan fingerprint density at radius 2 is 2.16 bits per heavy atom. The summed E-state index contributed by atoms with van der Waals surface area (Å²) in [5.41, 5.74) is 0.216. The van der Waals surface area contributed by atoms with Crippen molar-refractivity contribution < 1.29 is 19.1 Å². The van der Waals surface area contributed by atoms with Crippen LogP contribution in [0.15, 0.2) is 22.7 Å². The first-order chi connectivity index (χ1) is 11.7. The van der Waals surface area contributed by atoms with E-state index in [2.05, 4.69) is 15.9 Å². The molecule has 0 bridgehead atoms. The number of carbonyl (C=O) groups excluding carboxylic acids is 2. The van der Waals surface area contributed by atoms with Crippen molar-refractivity contribution in [2.24, 2.45) is 0 Å². The van der Waals surface area contributed by atoms with E-state index in [4.69, 9.17) is 9.47 Å². The Hall–Kier alpha value is -1.76. The second kappa shape index (κ2) is 6.86. The smallest absolute Gasteiger partial charge is 0.410 e. The summed E-state index contributed by atoms with van der Waals surface area (Å²) < 4.78 is 11.9. The zero-order chi connectivity index (χ0) is 18.2. The highest BCUT2D eigenvalue weighted by Gasteiger charge is 2.36. The number of anilines is 1. The number of hydrogen-bond donors (Lipinski definition) is 0. The molecule has 2 aliphatic heterocycles. The van der Waals surface area contributed by atoms with E-state index < -0.39 is 5.60 Å². The van der Waals surface area contributed by atoms with Crippen molar-refractivity contribution >= 4 is 33.6 Å². The Morgan fingerprint density at radius 1 is 1.40 bits per heavy atom. The Kier molecular flexibility index (Phi) is 4.95. The van der Waals surface area contributed by atoms with E-state index >= 15 is 0 Å². The standard InChI is InChI=1S/C18H23BrN2O4/c1-18(2,3)25-17(23)20-8-4-5-13(20)10-21-14-7-6-12(19)9-15(14)24-11-16(21)22/h6-7,9,13H,4-5,8,10-11H2,1-3H3/t13-/m0/s1. The number of amides is 2. The fourth-order valence-corrected chi connectivity index (χ4v) is 3.52. The molecule has 6 nitrogen and oxygen atoms in total. The van der Waals surface area contributed by atoms with Gasteiger partial charge in [0, 0.05) is 17.6 Å². The van der Waals surface area contributed by atoms with E-state index in [1.807, 2.05) is 39.0 Å². The van der Waals surface area contributed by atoms with Gasteiger partial charge in [0.1, 0.15) is 11.4 Å². The molecule has 0 unspecified atom stereocenters. The van der Waals surface area contributed by atoms with Crippen molar-refractivity contribution in [3.05, 3.63) is 22.7 Å². The van der Waals surface area contributed by atoms with Crippen molar-refractivity contribution in [1.82, 2.24) is 4.90 Å². The summed E-state index contributed by atoms with van der Waals surface area (Å²) in [4.78, 5) is 28.3. The van der Waals surface area contributed by atoms with Crippen LogP contribution in [0, 0.1) is 0 Å². The zero-order valence-corrected chi connectivity index (χ0v) is 16.3. The van der Waals surface area contributed by atoms with Crippen LogP contribution in [0.2, 0.25) is 0 Å². The van der Waals surface area contributed by atoms with Gasteiger partial charge in [0.25, 0.3) is 5.91 Å². The SMILES string of the molecule is CC(C)(C)OC(=O)N1CCC[C@H]1CN1C(=O)COc2cc(Br)ccc21. The first-order valence-electron chi connectivity index (χ1n) is 8.47. The van der Waals surface area contributed by atoms with Crippen LogP contribution in [0.1, 0.15) is 33.6 Å². The predicted octanol–water partition coefficient (Wildman–Crippen LogP) is 3.57. The van der Waals surface area contributed by atoms with E-state index in [0.29, 0.717) is 18.8 Å². The lowest BCUT2D eigenvalue weighted by Crippen LogP contribution is -2.49. The van der Waals surface area contributed by atoms with Gasteiger partial charge in [-0.2, -0.15) is 0 Å². The monoisotopic (exact) mass is 410 g/mol. The van der Waals surface area contributed by atoms with Crippen LogP contribution in [-0.2, 0) is 9.53 Å². The maximum atomic E-state index is 12.5. The quantitative estimate of drug-likeness (QED) is 0.747. The lowest BCUT2D eigenvalue weighted by atomic mass is 10.1. The van der Waals surface area contributed by atoms with Gasteiger partial charge in [-0.25, -0.2) is 4.79 Å². The van der Waals surface area contributed by atoms with Gasteiger partial charge in [-0.1, -0.05) is 15.9 Å². The number of benzene rings is 1. The van der Waals surface area contributed by atoms with Crippen LogP contribution in [-0.4, -0.2) is 48.2 Å². The van der Waals surface area contributed by atoms with Gasteiger partial charge in [0.2, 0.25) is 0 Å². The highest BCUT2D eigenvalue weighted by molar-refractivity contribution is 9.10. The third-order valence-corrected chi connectivity index (χ3v) is 4.76. The van der Waals surface area contributed by atoms with Crippen LogP contribution < -0.4 is 9.64 Å². The number of halogens is 1. The minimum absolute atomic E-state index is 0.0165. The number of hydrogen-bond acceptors (Lipinski definition) is 4. The summed E-state index contributed by atoms with van der Waals surface area (Å²) in [5.74, 6) is 0.585. The molecule has 0 spiro atoms. The lowest BCUT2D eigenvalue weighted by molar-refractivity contribution is -0.121. The third-order valence-electron chi connectivity index (χ3n) is 4.26. The summed E-state index contributed by atoms with van der Waals surface area (Å²) in [6.45, 7) is 6.70. The summed E-state index contributed by atoms with van der Waals surface area (Å²) in [6.07, 6.45) is 1.46. The van der Waals surface area contributed by atoms with Crippen molar-refractivity contribution in [1.29, 1.82) is 0 Å². The minimum atomic E-state index is -0.530. The largest absolute Gasteiger partial charge is 0.482 e. The lowest BCUT2D eigenvalue weighted by Gasteiger charge is -2.34. The van der Waals surface area contributed by atoms with Crippen LogP contribution in [0.3, 0.4) is 0 Å². The molecule has 2 heterocycles. The normalized spacial score (nSPS) is 20.3. The van der Waals surface area contributed by atoms with Crippen LogP contribution in [0.25, 0.3) is 0 Å². The molecule has 1 fully saturated rings. The number of ether oxygens (including phenoxy) is 2. The van der Waals surface area contributed by atoms with E-state index in [1.54, 1.807) is 9.80 Å². The van der Waals surface area contributed by atoms with Gasteiger partial charge in [0.15, 0.2) is 6.61 Å². The van der Waals surface area contributed by atoms with Crippen LogP contribution >= 0.6 is 15.9 Å². The maximum absolute atomic E-state index is 12.5. The summed E-state index contributed by atoms with van der Waals surface area (Å²) >= 11 is 3.42. The van der Waals surface area contributed by atoms with E-state index in [-0.39, 0.29) is 24.6 Å². The maximum Gasteiger partial charge on any atom is 0.410 e. The van der Waals surface area contributed by atoms with Crippen molar-refractivity contribution in [3.63, 3.8) is 0 Å². The number of nitrogens with zero attached hydrogens (tertiary/aromatic N) is 2. The van der Waals surface area contributed by atoms with Gasteiger partial charge in [-0.15, -0.1) is 0 Å². The zero-order valence-electron chi connectivity index (χ0n) is 14.8. The average molecular weight is 411 g/mol. The summed E-state index contributed by atoms with van der Waals surface area (Å²) in [7, 11) is 0. The molecule has 1 aromatic rings. The molecular weight excluding hydrogens is 388 g/mol. The van der Waals surface area contributed by atoms with Crippen LogP contribution in [0.5, 0.6) is 5.75 Å². The number of likely N-dealkylation sites (tertiary alicyclic amines) is 1. The van der Waals surface area contributed by atoms with Gasteiger partial charge < -0.3 is 19.3 Å². The molecule has 1 aromatic carbocycles. The second-order valence-corrected chi connectivity index (χ2v) is 8.29. The number of carbonyl (C=O) groups is 2. The van der Waals surface area contributed by atoms with Crippen molar-refractivity contribution in [2.45, 2.75) is 45.3 Å². The number of rotatable bonds is 2. The molecule has 7 heteroatoms. The second-order valence-electron chi connectivity index (χ2n) is 7.37. The molecule has 0 aliphatic carbocycles. The third kappa shape index (κ3) is 4.08. The molecule has 1 saturated heterocycles. The van der Waals surface area contributed by atoms with Crippen molar-refractivity contribution in [3.8, 4) is 5.75 Å². The molecular formula is C18H23BrN2O4. The Bertz CT molecular complexity index is 686. The molecule has 25 heavy (non-hydrogen) atoms. The topological polar surface area (TPSA) is 59.1 Å². The summed E-state index contributed by atoms with van der Waals surface area (Å²) in [5, 5.41) is 0. The van der Waals surface area contributed by atoms with Gasteiger partial charge in [-0.05, 0) is 51.8 Å². The Balaban J connectivity index is 1.77. The van der Waals surface area contributed by atoms with Gasteiger partial charge >= 0.3 is 6.09 Å². The Labute approximate surface area is 156 Å². The first kappa shape index (κ1) is 18.0. The molecule has 2 aliphatic rings. The molecule has 0 radical (unpaired) electrons. The van der Waals surface area contributed by atoms with Crippen LogP contribution in [0.4, 0.5) is 10.5 Å². The minimum Gasteiger partial charge on any atom is -0.482 e. The van der Waals surface area contributed by atoms with Crippen molar-refractivity contribution in [2.75, 3.05) is 24.6 Å². The fraction of sp³-hybridized carbons (Fsp3) is 0.556. The van der Waals surface area contributed by atoms with E-state index in [9.17, 15) is 9.59 Å². The molecule has 3 rings (SSSR count). The average Bonchev–Trinajstić information content (AvgIpc) is 2.97. The van der Waals surface area contributed by atoms with E-state index in [1.165, 1.54) is 0 Å². The molecule has 0 saturated carbocycles. The Morgan fingerprint density at radius 3 is 2.88 bits per heavy atom. The number of fused-ring (bicyclic) bond motifs is 1. The molecule has 2 amide bonds. The predicted molar refractivity (Wildman–Crippen MR) is 98.0 cm³/mol. The fourth-order valence-electron chi connectivity index (χ4n) is 3.18. The summed E-state index contributed by atoms with van der Waals surface area (Å²) in [6, 6.07) is 5.56.